The fourth-order valence-electron chi connectivity index (χ4n) is 2.29. The monoisotopic (exact) mass is 231 g/mol. The summed E-state index contributed by atoms with van der Waals surface area (Å²) in [4.78, 5) is 4.75. The molecular weight excluding hydrogens is 216 g/mol. The summed E-state index contributed by atoms with van der Waals surface area (Å²) in [6.45, 7) is 6.49. The predicted molar refractivity (Wildman–Crippen MR) is 68.0 cm³/mol. The van der Waals surface area contributed by atoms with Crippen molar-refractivity contribution in [3.63, 3.8) is 0 Å². The van der Waals surface area contributed by atoms with Crippen LogP contribution in [0.1, 0.15) is 24.8 Å². The molecule has 2 nitrogen and oxygen atoms in total. The summed E-state index contributed by atoms with van der Waals surface area (Å²) < 4.78 is 1.29. The zero-order valence-corrected chi connectivity index (χ0v) is 10.4. The molecule has 0 spiro atoms. The smallest absolute Gasteiger partial charge is 0.0988 e. The number of rotatable bonds is 1. The van der Waals surface area contributed by atoms with Crippen LogP contribution in [0, 0.1) is 5.41 Å². The molecule has 0 saturated carbocycles. The van der Waals surface area contributed by atoms with Gasteiger partial charge in [-0.15, -0.1) is 11.3 Å². The van der Waals surface area contributed by atoms with E-state index in [1.807, 2.05) is 11.3 Å². The number of hydrogen-bond acceptors (Lipinski definition) is 2. The summed E-state index contributed by atoms with van der Waals surface area (Å²) in [5, 5.41) is 5.79. The van der Waals surface area contributed by atoms with Crippen LogP contribution in [0.3, 0.4) is 0 Å². The lowest BCUT2D eigenvalue weighted by Gasteiger charge is -2.23. The van der Waals surface area contributed by atoms with Crippen molar-refractivity contribution in [1.29, 1.82) is 0 Å². The van der Waals surface area contributed by atoms with Gasteiger partial charge in [0.1, 0.15) is 0 Å². The van der Waals surface area contributed by atoms with Crippen LogP contribution < -0.4 is 5.32 Å². The molecule has 1 aromatic heterocycles. The van der Waals surface area contributed by atoms with Crippen LogP contribution in [0.2, 0.25) is 0 Å². The largest absolute Gasteiger partial charge is 0.241 e. The van der Waals surface area contributed by atoms with Crippen molar-refractivity contribution < 1.29 is 0 Å². The molecule has 0 bridgehead atoms. The number of nitrogens with zero attached hydrogens (tertiary/aromatic N) is 2. The Morgan fingerprint density at radius 2 is 2.12 bits per heavy atom. The first-order valence-electron chi connectivity index (χ1n) is 5.65. The first-order chi connectivity index (χ1) is 7.67. The molecule has 1 aromatic carbocycles. The van der Waals surface area contributed by atoms with Gasteiger partial charge in [-0.3, -0.25) is 0 Å². The molecule has 1 atom stereocenters. The van der Waals surface area contributed by atoms with E-state index in [2.05, 4.69) is 43.4 Å². The Morgan fingerprint density at radius 1 is 1.31 bits per heavy atom. The Bertz CT molecular complexity index is 482. The fourth-order valence-corrected chi connectivity index (χ4v) is 3.56. The van der Waals surface area contributed by atoms with Crippen molar-refractivity contribution in [2.75, 3.05) is 13.1 Å². The molecule has 1 fully saturated rings. The van der Waals surface area contributed by atoms with Crippen LogP contribution in [-0.2, 0) is 0 Å². The second-order valence-corrected chi connectivity index (χ2v) is 6.19. The molecule has 2 heterocycles. The van der Waals surface area contributed by atoms with E-state index in [9.17, 15) is 0 Å². The molecule has 3 rings (SSSR count). The van der Waals surface area contributed by atoms with Crippen LogP contribution in [0.25, 0.3) is 10.2 Å². The van der Waals surface area contributed by atoms with Gasteiger partial charge in [-0.1, -0.05) is 26.0 Å². The Balaban J connectivity index is 2.06. The first kappa shape index (κ1) is 10.2. The van der Waals surface area contributed by atoms with Gasteiger partial charge in [0, 0.05) is 19.0 Å². The quantitative estimate of drug-likeness (QED) is 0.741. The third kappa shape index (κ3) is 1.55. The van der Waals surface area contributed by atoms with Gasteiger partial charge in [0.15, 0.2) is 0 Å². The zero-order valence-electron chi connectivity index (χ0n) is 9.60. The van der Waals surface area contributed by atoms with Gasteiger partial charge in [-0.25, -0.2) is 10.3 Å². The Hall–Kier alpha value is -0.930. The average molecular weight is 231 g/mol. The maximum absolute atomic E-state index is 4.75. The minimum Gasteiger partial charge on any atom is -0.241 e. The van der Waals surface area contributed by atoms with Crippen LogP contribution in [-0.4, -0.2) is 18.1 Å². The highest BCUT2D eigenvalue weighted by atomic mass is 32.1. The van der Waals surface area contributed by atoms with Gasteiger partial charge < -0.3 is 0 Å². The molecule has 1 radical (unpaired) electrons. The normalized spacial score (nSPS) is 24.0. The molecule has 1 aliphatic heterocycles. The lowest BCUT2D eigenvalue weighted by Crippen LogP contribution is -2.19. The number of fused-ring (bicyclic) bond motifs is 1. The van der Waals surface area contributed by atoms with Crippen LogP contribution >= 0.6 is 11.3 Å². The maximum atomic E-state index is 4.75. The van der Waals surface area contributed by atoms with Crippen molar-refractivity contribution in [2.24, 2.45) is 5.41 Å². The number of thiazole rings is 1. The van der Waals surface area contributed by atoms with Crippen LogP contribution in [0.15, 0.2) is 24.3 Å². The average Bonchev–Trinajstić information content (AvgIpc) is 2.79. The molecule has 83 valence electrons. The lowest BCUT2D eigenvalue weighted by atomic mass is 9.82. The highest BCUT2D eigenvalue weighted by Gasteiger charge is 2.38. The first-order valence-corrected chi connectivity index (χ1v) is 6.47. The molecular formula is C13H15N2S. The minimum atomic E-state index is 0.272. The summed E-state index contributed by atoms with van der Waals surface area (Å²) in [5.41, 5.74) is 1.40. The highest BCUT2D eigenvalue weighted by molar-refractivity contribution is 7.18. The highest BCUT2D eigenvalue weighted by Crippen LogP contribution is 2.41. The van der Waals surface area contributed by atoms with E-state index in [-0.39, 0.29) is 5.41 Å². The summed E-state index contributed by atoms with van der Waals surface area (Å²) in [6.07, 6.45) is 0. The molecule has 1 saturated heterocycles. The second-order valence-electron chi connectivity index (χ2n) is 5.13. The Morgan fingerprint density at radius 3 is 2.81 bits per heavy atom. The third-order valence-corrected chi connectivity index (χ3v) is 4.53. The Labute approximate surface area is 99.7 Å². The van der Waals surface area contributed by atoms with Crippen molar-refractivity contribution in [3.8, 4) is 0 Å². The van der Waals surface area contributed by atoms with Gasteiger partial charge in [-0.05, 0) is 17.5 Å². The Kier molecular flexibility index (Phi) is 2.26. The minimum absolute atomic E-state index is 0.272. The van der Waals surface area contributed by atoms with Crippen molar-refractivity contribution in [2.45, 2.75) is 19.8 Å². The number of hydrogen-bond donors (Lipinski definition) is 0. The standard InChI is InChI=1S/C13H15N2S/c1-13(2)8-14-7-9(13)12-15-10-5-3-4-6-11(10)16-12/h3-6,9H,7-8H2,1-2H3/t9-/m0/s1. The van der Waals surface area contributed by atoms with Crippen molar-refractivity contribution in [3.05, 3.63) is 29.3 Å². The van der Waals surface area contributed by atoms with E-state index >= 15 is 0 Å². The molecule has 3 heteroatoms. The summed E-state index contributed by atoms with van der Waals surface area (Å²) in [6, 6.07) is 8.37. The van der Waals surface area contributed by atoms with E-state index in [0.29, 0.717) is 5.92 Å². The van der Waals surface area contributed by atoms with E-state index in [0.717, 1.165) is 18.6 Å². The maximum Gasteiger partial charge on any atom is 0.0988 e. The number of aromatic nitrogens is 1. The van der Waals surface area contributed by atoms with E-state index in [1.54, 1.807) is 0 Å². The van der Waals surface area contributed by atoms with Gasteiger partial charge in [0.2, 0.25) is 0 Å². The predicted octanol–water partition coefficient (Wildman–Crippen LogP) is 3.02. The molecule has 0 unspecified atom stereocenters. The third-order valence-electron chi connectivity index (χ3n) is 3.38. The summed E-state index contributed by atoms with van der Waals surface area (Å²) in [5.74, 6) is 0.505. The summed E-state index contributed by atoms with van der Waals surface area (Å²) >= 11 is 1.83. The van der Waals surface area contributed by atoms with Crippen LogP contribution in [0.5, 0.6) is 0 Å². The number of para-hydroxylation sites is 1. The molecule has 0 N–H and O–H groups in total. The van der Waals surface area contributed by atoms with Crippen molar-refractivity contribution >= 4 is 21.6 Å². The van der Waals surface area contributed by atoms with Gasteiger partial charge >= 0.3 is 0 Å². The van der Waals surface area contributed by atoms with E-state index in [4.69, 9.17) is 4.98 Å². The van der Waals surface area contributed by atoms with E-state index < -0.39 is 0 Å². The zero-order chi connectivity index (χ0) is 11.2. The van der Waals surface area contributed by atoms with Crippen molar-refractivity contribution in [1.82, 2.24) is 10.3 Å². The lowest BCUT2D eigenvalue weighted by molar-refractivity contribution is 0.362. The molecule has 16 heavy (non-hydrogen) atoms. The topological polar surface area (TPSA) is 27.0 Å². The molecule has 1 aliphatic rings. The molecule has 0 aliphatic carbocycles. The van der Waals surface area contributed by atoms with Gasteiger partial charge in [-0.2, -0.15) is 0 Å². The van der Waals surface area contributed by atoms with Gasteiger partial charge in [0.25, 0.3) is 0 Å². The SMILES string of the molecule is CC1(C)C[N]C[C@H]1c1nc2ccccc2s1. The molecule has 0 amide bonds. The molecule has 2 aromatic rings. The second kappa shape index (κ2) is 3.54. The van der Waals surface area contributed by atoms with Crippen LogP contribution in [0.4, 0.5) is 0 Å². The fraction of sp³-hybridized carbons (Fsp3) is 0.462. The van der Waals surface area contributed by atoms with Gasteiger partial charge in [0.05, 0.1) is 15.2 Å². The van der Waals surface area contributed by atoms with E-state index in [1.165, 1.54) is 9.71 Å². The summed E-state index contributed by atoms with van der Waals surface area (Å²) in [7, 11) is 0. The number of benzene rings is 1.